The molecule has 1 aromatic heterocycles. The molecule has 1 aliphatic heterocycles. The molecular weight excluding hydrogens is 549 g/mol. The molecular formula is C28H36ClF3N4O4. The van der Waals surface area contributed by atoms with Crippen LogP contribution in [-0.4, -0.2) is 66.5 Å². The van der Waals surface area contributed by atoms with Crippen LogP contribution < -0.4 is 14.8 Å². The minimum Gasteiger partial charge on any atom is -0.493 e. The summed E-state index contributed by atoms with van der Waals surface area (Å²) in [6, 6.07) is 5.36. The van der Waals surface area contributed by atoms with Crippen molar-refractivity contribution in [3.8, 4) is 11.5 Å². The lowest BCUT2D eigenvalue weighted by Crippen LogP contribution is -2.46. The molecule has 2 unspecified atom stereocenters. The number of hydrogen-bond donors (Lipinski definition) is 1. The molecule has 40 heavy (non-hydrogen) atoms. The maximum absolute atomic E-state index is 14.5. The van der Waals surface area contributed by atoms with Crippen LogP contribution in [-0.2, 0) is 9.53 Å². The normalized spacial score (nSPS) is 16.7. The number of amides is 1. The maximum atomic E-state index is 14.5. The zero-order chi connectivity index (χ0) is 30.0. The van der Waals surface area contributed by atoms with Crippen molar-refractivity contribution < 1.29 is 32.2 Å². The van der Waals surface area contributed by atoms with E-state index in [1.54, 1.807) is 19.2 Å². The number of hydrogen-bond acceptors (Lipinski definition) is 7. The molecule has 1 amide bonds. The average molecular weight is 585 g/mol. The van der Waals surface area contributed by atoms with Crippen molar-refractivity contribution in [2.24, 2.45) is 0 Å². The molecule has 4 rings (SSSR count). The third kappa shape index (κ3) is 8.59. The van der Waals surface area contributed by atoms with E-state index in [9.17, 15) is 18.0 Å². The van der Waals surface area contributed by atoms with Gasteiger partial charge < -0.3 is 24.4 Å². The molecule has 0 spiro atoms. The van der Waals surface area contributed by atoms with Gasteiger partial charge in [0.15, 0.2) is 23.5 Å². The number of aromatic nitrogens is 2. The second-order valence-electron chi connectivity index (χ2n) is 9.47. The highest BCUT2D eigenvalue weighted by Gasteiger charge is 2.31. The first-order valence-corrected chi connectivity index (χ1v) is 13.1. The third-order valence-corrected chi connectivity index (χ3v) is 6.11. The number of anilines is 2. The van der Waals surface area contributed by atoms with Crippen molar-refractivity contribution in [1.29, 1.82) is 0 Å². The van der Waals surface area contributed by atoms with E-state index >= 15 is 0 Å². The Bertz CT molecular complexity index is 1280. The van der Waals surface area contributed by atoms with Gasteiger partial charge in [-0.2, -0.15) is 0 Å². The fraction of sp³-hybridized carbons (Fsp3) is 0.464. The zero-order valence-electron chi connectivity index (χ0n) is 23.7. The minimum atomic E-state index is -1.38. The lowest BCUT2D eigenvalue weighted by atomic mass is 10.1. The van der Waals surface area contributed by atoms with Crippen LogP contribution in [0.4, 0.5) is 24.7 Å². The predicted octanol–water partition coefficient (Wildman–Crippen LogP) is 6.72. The molecule has 0 bridgehead atoms. The van der Waals surface area contributed by atoms with Gasteiger partial charge in [-0.1, -0.05) is 25.4 Å². The molecule has 1 saturated heterocycles. The second-order valence-corrected chi connectivity index (χ2v) is 9.85. The minimum absolute atomic E-state index is 0.0417. The Morgan fingerprint density at radius 3 is 2.38 bits per heavy atom. The van der Waals surface area contributed by atoms with Crippen LogP contribution >= 0.6 is 11.6 Å². The van der Waals surface area contributed by atoms with Gasteiger partial charge in [-0.25, -0.2) is 23.1 Å². The standard InChI is InChI=1S/C21H18ClF3N4O3.C5H12O.C2H6/c1-31-17-7-15-11(6-18(17)32-16-4-5-29(10-30)8-13(16)24)21(27-9-26-15)28-14-3-2-12(23)19(22)20(14)25;1-5(2,3)6-4;1-2/h2-3,6-7,9-10,13,16H,4-5,8H2,1H3,(H,26,27,28);1-4H3;1-2H3. The largest absolute Gasteiger partial charge is 0.493 e. The number of nitrogens with zero attached hydrogens (tertiary/aromatic N) is 3. The SMILES string of the molecule is CC.COC(C)(C)C.COc1cc2ncnc(Nc3ccc(F)c(Cl)c3F)c2cc1OC1CCN(C=O)CC1F. The number of piperidine rings is 1. The highest BCUT2D eigenvalue weighted by molar-refractivity contribution is 6.31. The second kappa shape index (κ2) is 14.9. The summed E-state index contributed by atoms with van der Waals surface area (Å²) < 4.78 is 58.5. The van der Waals surface area contributed by atoms with Crippen LogP contribution in [0.2, 0.25) is 5.02 Å². The lowest BCUT2D eigenvalue weighted by Gasteiger charge is -2.32. The molecule has 2 aromatic carbocycles. The van der Waals surface area contributed by atoms with Gasteiger partial charge in [0, 0.05) is 31.5 Å². The van der Waals surface area contributed by atoms with Crippen molar-refractivity contribution in [3.63, 3.8) is 0 Å². The Hall–Kier alpha value is -3.31. The van der Waals surface area contributed by atoms with Crippen LogP contribution in [0.15, 0.2) is 30.6 Å². The zero-order valence-corrected chi connectivity index (χ0v) is 24.5. The highest BCUT2D eigenvalue weighted by Crippen LogP contribution is 2.37. The monoisotopic (exact) mass is 584 g/mol. The molecule has 1 aliphatic rings. The van der Waals surface area contributed by atoms with Gasteiger partial charge in [0.25, 0.3) is 0 Å². The third-order valence-electron chi connectivity index (χ3n) is 5.76. The number of fused-ring (bicyclic) bond motifs is 1. The van der Waals surface area contributed by atoms with E-state index in [0.717, 1.165) is 6.07 Å². The molecule has 220 valence electrons. The van der Waals surface area contributed by atoms with Gasteiger partial charge in [0.05, 0.1) is 30.5 Å². The summed E-state index contributed by atoms with van der Waals surface area (Å²) in [5, 5.41) is 2.57. The summed E-state index contributed by atoms with van der Waals surface area (Å²) in [6.07, 6.45) is 0.00794. The number of likely N-dealkylation sites (tertiary alicyclic amines) is 1. The van der Waals surface area contributed by atoms with Gasteiger partial charge in [0.1, 0.15) is 29.1 Å². The summed E-state index contributed by atoms with van der Waals surface area (Å²) in [6.45, 7) is 10.4. The van der Waals surface area contributed by atoms with Crippen molar-refractivity contribution in [1.82, 2.24) is 14.9 Å². The van der Waals surface area contributed by atoms with Crippen molar-refractivity contribution in [2.75, 3.05) is 32.6 Å². The van der Waals surface area contributed by atoms with E-state index in [1.807, 2.05) is 34.6 Å². The number of alkyl halides is 1. The number of methoxy groups -OCH3 is 2. The number of benzene rings is 2. The fourth-order valence-corrected chi connectivity index (χ4v) is 3.63. The maximum Gasteiger partial charge on any atom is 0.209 e. The van der Waals surface area contributed by atoms with Crippen LogP contribution in [0, 0.1) is 11.6 Å². The van der Waals surface area contributed by atoms with E-state index in [0.29, 0.717) is 36.0 Å². The van der Waals surface area contributed by atoms with Gasteiger partial charge in [0.2, 0.25) is 6.41 Å². The molecule has 3 aromatic rings. The van der Waals surface area contributed by atoms with Gasteiger partial charge in [-0.15, -0.1) is 0 Å². The Kier molecular flexibility index (Phi) is 12.3. The lowest BCUT2D eigenvalue weighted by molar-refractivity contribution is -0.121. The first-order valence-electron chi connectivity index (χ1n) is 12.8. The van der Waals surface area contributed by atoms with Crippen LogP contribution in [0.1, 0.15) is 41.0 Å². The predicted molar refractivity (Wildman–Crippen MR) is 150 cm³/mol. The summed E-state index contributed by atoms with van der Waals surface area (Å²) in [7, 11) is 3.15. The van der Waals surface area contributed by atoms with Gasteiger partial charge >= 0.3 is 0 Å². The van der Waals surface area contributed by atoms with E-state index in [4.69, 9.17) is 25.8 Å². The number of ether oxygens (including phenoxy) is 3. The molecule has 0 saturated carbocycles. The average Bonchev–Trinajstić information content (AvgIpc) is 2.95. The molecule has 2 heterocycles. The van der Waals surface area contributed by atoms with Crippen LogP contribution in [0.5, 0.6) is 11.5 Å². The summed E-state index contributed by atoms with van der Waals surface area (Å²) in [4.78, 5) is 20.6. The Labute approximate surface area is 237 Å². The quantitative estimate of drug-likeness (QED) is 0.254. The topological polar surface area (TPSA) is 85.8 Å². The molecule has 1 fully saturated rings. The Morgan fingerprint density at radius 2 is 1.80 bits per heavy atom. The molecule has 0 aliphatic carbocycles. The van der Waals surface area contributed by atoms with Crippen LogP contribution in [0.3, 0.4) is 0 Å². The fourth-order valence-electron chi connectivity index (χ4n) is 3.46. The van der Waals surface area contributed by atoms with Gasteiger partial charge in [-0.3, -0.25) is 4.79 Å². The molecule has 12 heteroatoms. The van der Waals surface area contributed by atoms with Crippen molar-refractivity contribution in [2.45, 2.75) is 58.9 Å². The van der Waals surface area contributed by atoms with E-state index in [1.165, 1.54) is 24.4 Å². The Morgan fingerprint density at radius 1 is 1.12 bits per heavy atom. The number of halogens is 4. The van der Waals surface area contributed by atoms with E-state index < -0.39 is 28.9 Å². The van der Waals surface area contributed by atoms with Gasteiger partial charge in [-0.05, 0) is 39.0 Å². The van der Waals surface area contributed by atoms with E-state index in [2.05, 4.69) is 15.3 Å². The summed E-state index contributed by atoms with van der Waals surface area (Å²) in [5.41, 5.74) is 0.410. The molecule has 0 radical (unpaired) electrons. The molecule has 8 nitrogen and oxygen atoms in total. The van der Waals surface area contributed by atoms with Crippen LogP contribution in [0.25, 0.3) is 10.9 Å². The van der Waals surface area contributed by atoms with Crippen molar-refractivity contribution >= 4 is 40.4 Å². The first kappa shape index (κ1) is 32.9. The number of nitrogens with one attached hydrogen (secondary N) is 1. The Balaban J connectivity index is 0.000000622. The highest BCUT2D eigenvalue weighted by atomic mass is 35.5. The number of rotatable bonds is 6. The van der Waals surface area contributed by atoms with E-state index in [-0.39, 0.29) is 29.4 Å². The molecule has 1 N–H and O–H groups in total. The van der Waals surface area contributed by atoms with Crippen molar-refractivity contribution in [3.05, 3.63) is 47.2 Å². The summed E-state index contributed by atoms with van der Waals surface area (Å²) in [5.74, 6) is -1.09. The smallest absolute Gasteiger partial charge is 0.209 e. The molecule has 2 atom stereocenters. The number of carbonyl (C=O) groups excluding carboxylic acids is 1. The summed E-state index contributed by atoms with van der Waals surface area (Å²) >= 11 is 5.65. The number of carbonyl (C=O) groups is 1. The first-order chi connectivity index (χ1) is 19.0.